The molecule has 0 amide bonds. The van der Waals surface area contributed by atoms with E-state index in [-0.39, 0.29) is 11.4 Å². The highest BCUT2D eigenvalue weighted by Crippen LogP contribution is 2.38. The first-order valence-corrected chi connectivity index (χ1v) is 14.0. The second kappa shape index (κ2) is 10.4. The fourth-order valence-corrected chi connectivity index (χ4v) is 7.68. The van der Waals surface area contributed by atoms with Crippen molar-refractivity contribution in [3.05, 3.63) is 54.1 Å². The summed E-state index contributed by atoms with van der Waals surface area (Å²) >= 11 is 1.49. The van der Waals surface area contributed by atoms with Crippen LogP contribution in [0.1, 0.15) is 32.3 Å². The van der Waals surface area contributed by atoms with Gasteiger partial charge < -0.3 is 15.2 Å². The number of hydrogen-bond acceptors (Lipinski definition) is 6. The van der Waals surface area contributed by atoms with Crippen LogP contribution in [0.2, 0.25) is 0 Å². The maximum absolute atomic E-state index is 13.3. The van der Waals surface area contributed by atoms with E-state index >= 15 is 0 Å². The number of benzene rings is 2. The Morgan fingerprint density at radius 2 is 1.79 bits per heavy atom. The van der Waals surface area contributed by atoms with Gasteiger partial charge >= 0.3 is 5.97 Å². The van der Waals surface area contributed by atoms with Crippen LogP contribution in [0.4, 0.5) is 0 Å². The second-order valence-electron chi connectivity index (χ2n) is 9.30. The molecule has 184 valence electrons. The molecule has 0 aliphatic carbocycles. The molecule has 34 heavy (non-hydrogen) atoms. The summed E-state index contributed by atoms with van der Waals surface area (Å²) in [6, 6.07) is 13.7. The van der Waals surface area contributed by atoms with Crippen LogP contribution in [0.25, 0.3) is 11.1 Å². The molecule has 2 aliphatic heterocycles. The summed E-state index contributed by atoms with van der Waals surface area (Å²) in [7, 11) is -3.93. The number of carboxylic acid groups (broad SMARTS) is 1. The van der Waals surface area contributed by atoms with Gasteiger partial charge in [0.2, 0.25) is 10.0 Å². The zero-order valence-corrected chi connectivity index (χ0v) is 21.2. The summed E-state index contributed by atoms with van der Waals surface area (Å²) in [6.07, 6.45) is 2.56. The average molecular weight is 505 g/mol. The second-order valence-corrected chi connectivity index (χ2v) is 12.9. The van der Waals surface area contributed by atoms with E-state index in [2.05, 4.69) is 17.4 Å². The maximum Gasteiger partial charge on any atom is 0.323 e. The van der Waals surface area contributed by atoms with Crippen molar-refractivity contribution in [2.75, 3.05) is 25.4 Å². The van der Waals surface area contributed by atoms with E-state index in [4.69, 9.17) is 4.74 Å². The molecule has 2 aliphatic rings. The Morgan fingerprint density at radius 1 is 1.15 bits per heavy atom. The highest BCUT2D eigenvalue weighted by Gasteiger charge is 2.48. The third-order valence-corrected chi connectivity index (χ3v) is 9.67. The average Bonchev–Trinajstić information content (AvgIpc) is 3.32. The number of nitrogens with zero attached hydrogens (tertiary/aromatic N) is 1. The minimum absolute atomic E-state index is 0.111. The molecule has 0 bridgehead atoms. The number of aliphatic carboxylic acids is 1. The zero-order chi connectivity index (χ0) is 24.3. The van der Waals surface area contributed by atoms with Crippen LogP contribution in [0.3, 0.4) is 0 Å². The summed E-state index contributed by atoms with van der Waals surface area (Å²) < 4.78 is 32.7. The third-order valence-electron chi connectivity index (χ3n) is 6.44. The molecule has 0 radical (unpaired) electrons. The first kappa shape index (κ1) is 25.2. The number of carboxylic acids is 1. The van der Waals surface area contributed by atoms with Gasteiger partial charge in [0.25, 0.3) is 0 Å². The summed E-state index contributed by atoms with van der Waals surface area (Å²) in [5.74, 6) is -0.564. The molecule has 2 heterocycles. The molecule has 0 spiro atoms. The summed E-state index contributed by atoms with van der Waals surface area (Å²) in [5, 5.41) is 13.2. The van der Waals surface area contributed by atoms with Crippen molar-refractivity contribution >= 4 is 27.8 Å². The van der Waals surface area contributed by atoms with E-state index < -0.39 is 26.8 Å². The van der Waals surface area contributed by atoms with Gasteiger partial charge in [0.1, 0.15) is 6.04 Å². The lowest BCUT2D eigenvalue weighted by Crippen LogP contribution is -2.58. The van der Waals surface area contributed by atoms with E-state index in [1.165, 1.54) is 17.3 Å². The van der Waals surface area contributed by atoms with Gasteiger partial charge in [-0.25, -0.2) is 8.42 Å². The smallest absolute Gasteiger partial charge is 0.323 e. The largest absolute Gasteiger partial charge is 0.480 e. The number of nitrogens with one attached hydrogen (secondary N) is 1. The molecule has 2 fully saturated rings. The molecule has 2 aromatic rings. The number of rotatable bonds is 8. The summed E-state index contributed by atoms with van der Waals surface area (Å²) in [4.78, 5) is 12.0. The Hall–Kier alpha value is -1.91. The molecule has 2 N–H and O–H groups in total. The van der Waals surface area contributed by atoms with Crippen molar-refractivity contribution in [3.63, 3.8) is 0 Å². The van der Waals surface area contributed by atoms with Crippen LogP contribution in [0.15, 0.2) is 53.4 Å². The lowest BCUT2D eigenvalue weighted by molar-refractivity contribution is -0.142. The Labute approximate surface area is 205 Å². The van der Waals surface area contributed by atoms with E-state index in [0.717, 1.165) is 48.0 Å². The van der Waals surface area contributed by atoms with Gasteiger partial charge in [-0.2, -0.15) is 16.1 Å². The molecule has 0 aromatic heterocycles. The molecular weight excluding hydrogens is 472 g/mol. The van der Waals surface area contributed by atoms with Gasteiger partial charge in [-0.1, -0.05) is 36.4 Å². The Balaban J connectivity index is 1.44. The summed E-state index contributed by atoms with van der Waals surface area (Å²) in [6.45, 7) is 6.22. The van der Waals surface area contributed by atoms with Gasteiger partial charge in [-0.15, -0.1) is 0 Å². The standard InChI is InChI=1S/C25H32N2O5S2/c1-25(2)23(24(28)29)27(13-15-33-25)34(30,31)22-11-9-20(10-12-22)19-7-5-18(6-8-19)16-26-17-21-4-3-14-32-21/h5-12,21,23,26H,3-4,13-17H2,1-2H3,(H,28,29)/t21-,23?/m0/s1. The quantitative estimate of drug-likeness (QED) is 0.567. The van der Waals surface area contributed by atoms with Crippen LogP contribution in [-0.2, 0) is 26.1 Å². The van der Waals surface area contributed by atoms with Gasteiger partial charge in [0.05, 0.1) is 11.0 Å². The van der Waals surface area contributed by atoms with E-state index in [9.17, 15) is 18.3 Å². The van der Waals surface area contributed by atoms with E-state index in [1.807, 2.05) is 12.1 Å². The molecule has 0 saturated carbocycles. The predicted molar refractivity (Wildman–Crippen MR) is 134 cm³/mol. The molecule has 9 heteroatoms. The minimum atomic E-state index is -3.93. The normalized spacial score (nSPS) is 23.1. The van der Waals surface area contributed by atoms with Crippen LogP contribution in [0, 0.1) is 0 Å². The SMILES string of the molecule is CC1(C)SCCN(S(=O)(=O)c2ccc(-c3ccc(CNC[C@@H]4CCCO4)cc3)cc2)C1C(=O)O. The number of carbonyl (C=O) groups is 1. The van der Waals surface area contributed by atoms with Crippen LogP contribution in [0.5, 0.6) is 0 Å². The van der Waals surface area contributed by atoms with Crippen molar-refractivity contribution in [3.8, 4) is 11.1 Å². The topological polar surface area (TPSA) is 95.9 Å². The number of hydrogen-bond donors (Lipinski definition) is 2. The van der Waals surface area contributed by atoms with Crippen molar-refractivity contribution in [2.24, 2.45) is 0 Å². The highest BCUT2D eigenvalue weighted by atomic mass is 32.2. The molecular formula is C25H32N2O5S2. The number of thioether (sulfide) groups is 1. The predicted octanol–water partition coefficient (Wildman–Crippen LogP) is 3.59. The molecule has 2 atom stereocenters. The lowest BCUT2D eigenvalue weighted by atomic mass is 10.0. The van der Waals surface area contributed by atoms with Crippen molar-refractivity contribution < 1.29 is 23.1 Å². The fraction of sp³-hybridized carbons (Fsp3) is 0.480. The highest BCUT2D eigenvalue weighted by molar-refractivity contribution is 8.00. The van der Waals surface area contributed by atoms with Gasteiger partial charge in [-0.3, -0.25) is 4.79 Å². The van der Waals surface area contributed by atoms with Crippen LogP contribution in [-0.4, -0.2) is 66.1 Å². The molecule has 1 unspecified atom stereocenters. The Bertz CT molecular complexity index is 1100. The number of ether oxygens (including phenoxy) is 1. The minimum Gasteiger partial charge on any atom is -0.480 e. The maximum atomic E-state index is 13.3. The Kier molecular flexibility index (Phi) is 7.69. The molecule has 2 saturated heterocycles. The summed E-state index contributed by atoms with van der Waals surface area (Å²) in [5.41, 5.74) is 3.07. The molecule has 4 rings (SSSR count). The third kappa shape index (κ3) is 5.49. The lowest BCUT2D eigenvalue weighted by Gasteiger charge is -2.42. The van der Waals surface area contributed by atoms with Crippen molar-refractivity contribution in [1.29, 1.82) is 0 Å². The van der Waals surface area contributed by atoms with E-state index in [1.54, 1.807) is 38.1 Å². The monoisotopic (exact) mass is 504 g/mol. The van der Waals surface area contributed by atoms with Crippen LogP contribution >= 0.6 is 11.8 Å². The first-order chi connectivity index (χ1) is 16.2. The zero-order valence-electron chi connectivity index (χ0n) is 19.6. The van der Waals surface area contributed by atoms with Gasteiger partial charge in [0.15, 0.2) is 0 Å². The van der Waals surface area contributed by atoms with Gasteiger partial charge in [-0.05, 0) is 55.5 Å². The molecule has 2 aromatic carbocycles. The molecule has 7 nitrogen and oxygen atoms in total. The van der Waals surface area contributed by atoms with Crippen molar-refractivity contribution in [2.45, 2.75) is 55.0 Å². The van der Waals surface area contributed by atoms with E-state index in [0.29, 0.717) is 11.9 Å². The fourth-order valence-electron chi connectivity index (χ4n) is 4.59. The van der Waals surface area contributed by atoms with Gasteiger partial charge in [0, 0.05) is 36.7 Å². The first-order valence-electron chi connectivity index (χ1n) is 11.6. The number of sulfonamides is 1. The Morgan fingerprint density at radius 3 is 2.38 bits per heavy atom. The van der Waals surface area contributed by atoms with Crippen LogP contribution < -0.4 is 5.32 Å². The van der Waals surface area contributed by atoms with Crippen molar-refractivity contribution in [1.82, 2.24) is 9.62 Å².